The number of aromatic nitrogens is 3. The number of aryl methyl sites for hydroxylation is 2. The summed E-state index contributed by atoms with van der Waals surface area (Å²) in [7, 11) is 0. The van der Waals surface area contributed by atoms with Crippen LogP contribution in [-0.2, 0) is 22.6 Å². The number of para-hydroxylation sites is 1. The van der Waals surface area contributed by atoms with E-state index in [1.165, 1.54) is 10.2 Å². The van der Waals surface area contributed by atoms with Crippen LogP contribution >= 0.6 is 0 Å². The SMILES string of the molecule is O=C(CCn1nnc2ccccc2c1=O)NCCC(=O)N1CCCc2ccccc21. The third-order valence-corrected chi connectivity index (χ3v) is 5.25. The highest BCUT2D eigenvalue weighted by Gasteiger charge is 2.21. The van der Waals surface area contributed by atoms with Gasteiger partial charge in [-0.1, -0.05) is 35.5 Å². The highest BCUT2D eigenvalue weighted by molar-refractivity contribution is 5.94. The summed E-state index contributed by atoms with van der Waals surface area (Å²) >= 11 is 0. The van der Waals surface area contributed by atoms with Crippen molar-refractivity contribution < 1.29 is 9.59 Å². The molecule has 8 heteroatoms. The number of carbonyl (C=O) groups is 2. The first kappa shape index (κ1) is 19.8. The van der Waals surface area contributed by atoms with Crippen LogP contribution in [0.4, 0.5) is 5.69 Å². The van der Waals surface area contributed by atoms with Gasteiger partial charge in [-0.3, -0.25) is 14.4 Å². The van der Waals surface area contributed by atoms with E-state index in [1.54, 1.807) is 29.2 Å². The van der Waals surface area contributed by atoms with Crippen LogP contribution in [0.1, 0.15) is 24.8 Å². The molecule has 3 aromatic rings. The predicted octanol–water partition coefficient (Wildman–Crippen LogP) is 1.67. The minimum absolute atomic E-state index is 0.000865. The molecule has 2 heterocycles. The Hall–Kier alpha value is -3.55. The second-order valence-electron chi connectivity index (χ2n) is 7.26. The minimum atomic E-state index is -0.271. The molecule has 1 aromatic heterocycles. The third-order valence-electron chi connectivity index (χ3n) is 5.25. The van der Waals surface area contributed by atoms with Gasteiger partial charge in [-0.05, 0) is 36.6 Å². The van der Waals surface area contributed by atoms with E-state index < -0.39 is 0 Å². The van der Waals surface area contributed by atoms with E-state index in [-0.39, 0.29) is 43.3 Å². The molecule has 0 atom stereocenters. The Balaban J connectivity index is 1.27. The summed E-state index contributed by atoms with van der Waals surface area (Å²) in [5, 5.41) is 11.1. The van der Waals surface area contributed by atoms with Gasteiger partial charge in [-0.15, -0.1) is 5.10 Å². The number of hydrogen-bond donors (Lipinski definition) is 1. The van der Waals surface area contributed by atoms with Crippen molar-refractivity contribution >= 4 is 28.4 Å². The lowest BCUT2D eigenvalue weighted by Gasteiger charge is -2.29. The predicted molar refractivity (Wildman–Crippen MR) is 113 cm³/mol. The topological polar surface area (TPSA) is 97.2 Å². The molecule has 0 fully saturated rings. The standard InChI is InChI=1S/C22H23N5O3/c28-20(12-15-27-22(30)17-8-2-3-9-18(17)24-25-27)23-13-11-21(29)26-14-5-7-16-6-1-4-10-19(16)26/h1-4,6,8-10H,5,7,11-15H2,(H,23,28). The molecule has 2 amide bonds. The van der Waals surface area contributed by atoms with Gasteiger partial charge in [0.25, 0.3) is 5.56 Å². The van der Waals surface area contributed by atoms with Gasteiger partial charge >= 0.3 is 0 Å². The molecule has 8 nitrogen and oxygen atoms in total. The van der Waals surface area contributed by atoms with Crippen molar-refractivity contribution in [3.63, 3.8) is 0 Å². The van der Waals surface area contributed by atoms with Crippen LogP contribution in [0, 0.1) is 0 Å². The van der Waals surface area contributed by atoms with Gasteiger partial charge in [0, 0.05) is 31.6 Å². The fourth-order valence-electron chi connectivity index (χ4n) is 3.70. The van der Waals surface area contributed by atoms with Gasteiger partial charge in [0.05, 0.1) is 11.9 Å². The van der Waals surface area contributed by atoms with Crippen LogP contribution in [-0.4, -0.2) is 39.9 Å². The van der Waals surface area contributed by atoms with E-state index in [2.05, 4.69) is 15.6 Å². The number of amides is 2. The normalized spacial score (nSPS) is 13.1. The van der Waals surface area contributed by atoms with E-state index >= 15 is 0 Å². The number of rotatable bonds is 6. The van der Waals surface area contributed by atoms with Crippen molar-refractivity contribution in [1.29, 1.82) is 0 Å². The lowest BCUT2D eigenvalue weighted by molar-refractivity contribution is -0.121. The van der Waals surface area contributed by atoms with Gasteiger partial charge in [0.1, 0.15) is 5.52 Å². The summed E-state index contributed by atoms with van der Waals surface area (Å²) in [6.45, 7) is 1.10. The van der Waals surface area contributed by atoms with Crippen LogP contribution < -0.4 is 15.8 Å². The van der Waals surface area contributed by atoms with Crippen molar-refractivity contribution in [2.75, 3.05) is 18.0 Å². The molecular weight excluding hydrogens is 382 g/mol. The summed E-state index contributed by atoms with van der Waals surface area (Å²) in [5.41, 5.74) is 2.41. The van der Waals surface area contributed by atoms with Crippen LogP contribution in [0.15, 0.2) is 53.3 Å². The number of hydrogen-bond acceptors (Lipinski definition) is 5. The summed E-state index contributed by atoms with van der Waals surface area (Å²) in [5.74, 6) is -0.234. The maximum atomic E-state index is 12.6. The molecule has 0 aliphatic carbocycles. The van der Waals surface area contributed by atoms with Gasteiger partial charge in [0.15, 0.2) is 0 Å². The number of anilines is 1. The molecule has 0 saturated carbocycles. The van der Waals surface area contributed by atoms with Crippen molar-refractivity contribution in [2.45, 2.75) is 32.2 Å². The highest BCUT2D eigenvalue weighted by atomic mass is 16.2. The Kier molecular flexibility index (Phi) is 5.83. The molecule has 2 aromatic carbocycles. The maximum absolute atomic E-state index is 12.6. The van der Waals surface area contributed by atoms with Crippen molar-refractivity contribution in [2.24, 2.45) is 0 Å². The van der Waals surface area contributed by atoms with Crippen LogP contribution in [0.2, 0.25) is 0 Å². The van der Waals surface area contributed by atoms with Crippen LogP contribution in [0.3, 0.4) is 0 Å². The van der Waals surface area contributed by atoms with E-state index in [0.29, 0.717) is 17.4 Å². The Labute approximate surface area is 173 Å². The lowest BCUT2D eigenvalue weighted by atomic mass is 10.0. The zero-order chi connectivity index (χ0) is 20.9. The maximum Gasteiger partial charge on any atom is 0.277 e. The van der Waals surface area contributed by atoms with E-state index in [4.69, 9.17) is 0 Å². The van der Waals surface area contributed by atoms with Gasteiger partial charge in [-0.25, -0.2) is 4.68 Å². The average Bonchev–Trinajstić information content (AvgIpc) is 2.78. The number of nitrogens with zero attached hydrogens (tertiary/aromatic N) is 4. The van der Waals surface area contributed by atoms with Gasteiger partial charge in [-0.2, -0.15) is 0 Å². The Bertz CT molecular complexity index is 1140. The minimum Gasteiger partial charge on any atom is -0.356 e. The molecule has 1 N–H and O–H groups in total. The van der Waals surface area contributed by atoms with Gasteiger partial charge < -0.3 is 10.2 Å². The van der Waals surface area contributed by atoms with Gasteiger partial charge in [0.2, 0.25) is 11.8 Å². The first-order valence-electron chi connectivity index (χ1n) is 10.1. The Morgan fingerprint density at radius 1 is 1.03 bits per heavy atom. The van der Waals surface area contributed by atoms with E-state index in [1.807, 2.05) is 24.3 Å². The Morgan fingerprint density at radius 2 is 1.83 bits per heavy atom. The largest absolute Gasteiger partial charge is 0.356 e. The van der Waals surface area contributed by atoms with E-state index in [0.717, 1.165) is 18.5 Å². The fraction of sp³-hybridized carbons (Fsp3) is 0.318. The average molecular weight is 405 g/mol. The molecule has 0 saturated heterocycles. The molecule has 4 rings (SSSR count). The molecule has 0 unspecified atom stereocenters. The second-order valence-corrected chi connectivity index (χ2v) is 7.26. The number of benzene rings is 2. The number of fused-ring (bicyclic) bond motifs is 2. The zero-order valence-electron chi connectivity index (χ0n) is 16.6. The summed E-state index contributed by atoms with van der Waals surface area (Å²) in [6.07, 6.45) is 2.24. The third kappa shape index (κ3) is 4.22. The van der Waals surface area contributed by atoms with Crippen LogP contribution in [0.25, 0.3) is 10.9 Å². The molecule has 0 spiro atoms. The highest BCUT2D eigenvalue weighted by Crippen LogP contribution is 2.26. The summed E-state index contributed by atoms with van der Waals surface area (Å²) in [6, 6.07) is 14.9. The molecule has 0 radical (unpaired) electrons. The molecule has 154 valence electrons. The lowest BCUT2D eigenvalue weighted by Crippen LogP contribution is -2.38. The summed E-state index contributed by atoms with van der Waals surface area (Å²) in [4.78, 5) is 38.9. The monoisotopic (exact) mass is 405 g/mol. The molecule has 30 heavy (non-hydrogen) atoms. The molecule has 1 aliphatic rings. The molecule has 0 bridgehead atoms. The second kappa shape index (κ2) is 8.86. The van der Waals surface area contributed by atoms with Crippen molar-refractivity contribution in [1.82, 2.24) is 20.3 Å². The number of nitrogens with one attached hydrogen (secondary N) is 1. The molecular formula is C22H23N5O3. The smallest absolute Gasteiger partial charge is 0.277 e. The molecule has 1 aliphatic heterocycles. The summed E-state index contributed by atoms with van der Waals surface area (Å²) < 4.78 is 1.19. The van der Waals surface area contributed by atoms with Crippen molar-refractivity contribution in [3.8, 4) is 0 Å². The first-order valence-corrected chi connectivity index (χ1v) is 10.1. The van der Waals surface area contributed by atoms with Crippen LogP contribution in [0.5, 0.6) is 0 Å². The first-order chi connectivity index (χ1) is 14.6. The quantitative estimate of drug-likeness (QED) is 0.673. The number of carbonyl (C=O) groups excluding carboxylic acids is 2. The van der Waals surface area contributed by atoms with E-state index in [9.17, 15) is 14.4 Å². The Morgan fingerprint density at radius 3 is 2.73 bits per heavy atom. The van der Waals surface area contributed by atoms with Crippen molar-refractivity contribution in [3.05, 3.63) is 64.4 Å². The fourth-order valence-corrected chi connectivity index (χ4v) is 3.70. The zero-order valence-corrected chi connectivity index (χ0v) is 16.6.